The van der Waals surface area contributed by atoms with Gasteiger partial charge in [-0.05, 0) is 0 Å². The molecular weight excluding hydrogens is 209 g/mol. The number of hydrogen-bond donors (Lipinski definition) is 0. The second-order valence-corrected chi connectivity index (χ2v) is 6.36. The molecule has 0 atom stereocenters. The first-order valence-electron chi connectivity index (χ1n) is 5.21. The van der Waals surface area contributed by atoms with Crippen LogP contribution in [-0.2, 0) is 0 Å². The van der Waals surface area contributed by atoms with Gasteiger partial charge in [0.1, 0.15) is 0 Å². The van der Waals surface area contributed by atoms with Crippen LogP contribution in [0, 0.1) is 0 Å². The summed E-state index contributed by atoms with van der Waals surface area (Å²) in [5, 5.41) is 1.17. The first-order valence-corrected chi connectivity index (χ1v) is 8.56. The molecule has 0 radical (unpaired) electrons. The second kappa shape index (κ2) is 29.2. The summed E-state index contributed by atoms with van der Waals surface area (Å²) < 4.78 is 0. The number of rotatable bonds is 4. The summed E-state index contributed by atoms with van der Waals surface area (Å²) in [6, 6.07) is 0. The molecule has 0 aromatic carbocycles. The average Bonchev–Trinajstić information content (AvgIpc) is 2.09. The Morgan fingerprint density at radius 3 is 0.846 bits per heavy atom. The molecule has 0 amide bonds. The molecule has 13 heavy (non-hydrogen) atoms. The van der Waals surface area contributed by atoms with Crippen molar-refractivity contribution in [2.75, 3.05) is 24.6 Å². The Labute approximate surface area is 98.0 Å². The van der Waals surface area contributed by atoms with E-state index in [-0.39, 0.29) is 0 Å². The molecule has 0 aliphatic carbocycles. The van der Waals surface area contributed by atoms with Crippen molar-refractivity contribution in [1.82, 2.24) is 0 Å². The summed E-state index contributed by atoms with van der Waals surface area (Å²) in [5.74, 6) is 0. The summed E-state index contributed by atoms with van der Waals surface area (Å²) in [7, 11) is 3.16. The molecule has 0 unspecified atom stereocenters. The summed E-state index contributed by atoms with van der Waals surface area (Å²) in [4.78, 5) is 0. The van der Waals surface area contributed by atoms with E-state index in [9.17, 15) is 0 Å². The van der Waals surface area contributed by atoms with Gasteiger partial charge in [-0.25, -0.2) is 0 Å². The zero-order valence-corrected chi connectivity index (χ0v) is 13.0. The Hall–Kier alpha value is 1.39. The van der Waals surface area contributed by atoms with Gasteiger partial charge in [-0.2, -0.15) is 24.6 Å². The van der Waals surface area contributed by atoms with E-state index in [4.69, 9.17) is 0 Å². The average molecular weight is 234 g/mol. The Morgan fingerprint density at radius 1 is 0.692 bits per heavy atom. The van der Waals surface area contributed by atoms with Crippen molar-refractivity contribution in [3.8, 4) is 0 Å². The molecule has 0 fully saturated rings. The zero-order valence-electron chi connectivity index (χ0n) is 10.0. The molecule has 78 valence electrons. The van der Waals surface area contributed by atoms with E-state index in [1.54, 1.807) is 17.2 Å². The summed E-state index contributed by atoms with van der Waals surface area (Å²) in [6.07, 6.45) is 5.26. The van der Waals surface area contributed by atoms with Crippen LogP contribution < -0.4 is 0 Å². The second-order valence-electron chi connectivity index (χ2n) is 2.12. The van der Waals surface area contributed by atoms with Crippen LogP contribution >= 0.6 is 17.2 Å². The van der Waals surface area contributed by atoms with Crippen LogP contribution in [0.5, 0.6) is 0 Å². The molecule has 0 aromatic rings. The maximum absolute atomic E-state index is 2.58. The molecule has 0 heterocycles. The van der Waals surface area contributed by atoms with E-state index in [0.717, 1.165) is 0 Å². The van der Waals surface area contributed by atoms with E-state index >= 15 is 0 Å². The van der Waals surface area contributed by atoms with Gasteiger partial charge in [0.05, 0.1) is 0 Å². The van der Waals surface area contributed by atoms with Gasteiger partial charge >= 0.3 is 28.5 Å². The molecule has 3 heteroatoms. The number of hydrogen-bond acceptors (Lipinski definition) is 0. The summed E-state index contributed by atoms with van der Waals surface area (Å²) in [6.45, 7) is 10.9. The molecule has 0 rings (SSSR count). The van der Waals surface area contributed by atoms with Crippen molar-refractivity contribution in [3.63, 3.8) is 0 Å². The third kappa shape index (κ3) is 59.8. The fourth-order valence-electron chi connectivity index (χ4n) is 0.447. The van der Waals surface area contributed by atoms with Crippen molar-refractivity contribution in [2.45, 2.75) is 39.9 Å². The van der Waals surface area contributed by atoms with E-state index in [2.05, 4.69) is 50.9 Å². The van der Waals surface area contributed by atoms with E-state index < -0.39 is 0 Å². The molecule has 0 nitrogen and oxygen atoms in total. The fourth-order valence-corrected chi connectivity index (χ4v) is 1.34. The molecule has 0 aliphatic heterocycles. The first-order chi connectivity index (χ1) is 6.24. The van der Waals surface area contributed by atoms with Crippen LogP contribution in [0.25, 0.3) is 0 Å². The van der Waals surface area contributed by atoms with Crippen LogP contribution in [0.15, 0.2) is 0 Å². The van der Waals surface area contributed by atoms with E-state index in [0.29, 0.717) is 0 Å². The van der Waals surface area contributed by atoms with E-state index in [1.165, 1.54) is 29.9 Å². The Bertz CT molecular complexity index is 42.2. The first kappa shape index (κ1) is 19.9. The third-order valence-electron chi connectivity index (χ3n) is 0.894. The SMILES string of the molecule is CC[P-]CC.CC[P-]CC.C[CH2][Al+2]. The van der Waals surface area contributed by atoms with Gasteiger partial charge < -0.3 is 17.2 Å². The predicted octanol–water partition coefficient (Wildman–Crippen LogP) is 4.54. The standard InChI is InChI=1S/2C4H10P.C2H5.Al/c2*1-3-5-4-2;1-2;/h2*3-4H2,1-2H3;1H2,2H3;/q2*-1;;+2. The van der Waals surface area contributed by atoms with Gasteiger partial charge in [0, 0.05) is 0 Å². The molecule has 0 spiro atoms. The monoisotopic (exact) mass is 234 g/mol. The minimum absolute atomic E-state index is 1.17. The van der Waals surface area contributed by atoms with E-state index in [1.807, 2.05) is 0 Å². The maximum atomic E-state index is 2.58. The Kier molecular flexibility index (Phi) is 44.7. The molecule has 0 aliphatic rings. The quantitative estimate of drug-likeness (QED) is 0.495. The van der Waals surface area contributed by atoms with Crippen molar-refractivity contribution >= 4 is 33.5 Å². The van der Waals surface area contributed by atoms with Crippen molar-refractivity contribution in [2.24, 2.45) is 0 Å². The van der Waals surface area contributed by atoms with Gasteiger partial charge in [0.25, 0.3) is 0 Å². The minimum atomic E-state index is 1.17. The predicted molar refractivity (Wildman–Crippen MR) is 72.2 cm³/mol. The van der Waals surface area contributed by atoms with Crippen LogP contribution in [-0.4, -0.2) is 40.9 Å². The zero-order chi connectivity index (χ0) is 10.9. The van der Waals surface area contributed by atoms with Gasteiger partial charge in [-0.15, -0.1) is 0 Å². The van der Waals surface area contributed by atoms with Crippen molar-refractivity contribution in [1.29, 1.82) is 0 Å². The van der Waals surface area contributed by atoms with Crippen LogP contribution in [0.1, 0.15) is 34.6 Å². The summed E-state index contributed by atoms with van der Waals surface area (Å²) >= 11 is 2.58. The molecule has 0 saturated carbocycles. The topological polar surface area (TPSA) is 0 Å². The van der Waals surface area contributed by atoms with Crippen molar-refractivity contribution < 1.29 is 0 Å². The summed E-state index contributed by atoms with van der Waals surface area (Å²) in [5.41, 5.74) is 0. The third-order valence-corrected chi connectivity index (χ3v) is 2.68. The van der Waals surface area contributed by atoms with Gasteiger partial charge in [-0.3, -0.25) is 0 Å². The fraction of sp³-hybridized carbons (Fsp3) is 1.00. The Morgan fingerprint density at radius 2 is 0.846 bits per heavy atom. The Balaban J connectivity index is -0.000000120. The van der Waals surface area contributed by atoms with Gasteiger partial charge in [-0.1, -0.05) is 27.7 Å². The molecule has 0 aromatic heterocycles. The molecular formula is C10H25AlP2. The van der Waals surface area contributed by atoms with Crippen LogP contribution in [0.3, 0.4) is 0 Å². The molecule has 0 bridgehead atoms. The van der Waals surface area contributed by atoms with Crippen molar-refractivity contribution in [3.05, 3.63) is 0 Å². The molecule has 0 saturated heterocycles. The van der Waals surface area contributed by atoms with Crippen LogP contribution in [0.4, 0.5) is 0 Å². The van der Waals surface area contributed by atoms with Gasteiger partial charge in [0.2, 0.25) is 0 Å². The normalized spacial score (nSPS) is 7.92. The van der Waals surface area contributed by atoms with Crippen LogP contribution in [0.2, 0.25) is 5.28 Å². The van der Waals surface area contributed by atoms with Gasteiger partial charge in [0.15, 0.2) is 0 Å². The molecule has 0 N–H and O–H groups in total.